The Balaban J connectivity index is 1.69. The Morgan fingerprint density at radius 3 is 2.58 bits per heavy atom. The number of ether oxygens (including phenoxy) is 4. The average molecular weight is 334 g/mol. The average Bonchev–Trinajstić information content (AvgIpc) is 3.17. The molecule has 6 heteroatoms. The van der Waals surface area contributed by atoms with Crippen molar-refractivity contribution in [2.24, 2.45) is 0 Å². The lowest BCUT2D eigenvalue weighted by molar-refractivity contribution is -0.147. The van der Waals surface area contributed by atoms with E-state index in [2.05, 4.69) is 0 Å². The van der Waals surface area contributed by atoms with Crippen LogP contribution < -0.4 is 9.47 Å². The van der Waals surface area contributed by atoms with E-state index in [9.17, 15) is 9.59 Å². The molecular weight excluding hydrogens is 312 g/mol. The summed E-state index contributed by atoms with van der Waals surface area (Å²) in [4.78, 5) is 23.8. The first-order valence-corrected chi connectivity index (χ1v) is 8.33. The van der Waals surface area contributed by atoms with Crippen molar-refractivity contribution in [1.82, 2.24) is 0 Å². The van der Waals surface area contributed by atoms with Gasteiger partial charge in [0, 0.05) is 6.42 Å². The minimum absolute atomic E-state index is 0.200. The van der Waals surface area contributed by atoms with Gasteiger partial charge in [0.15, 0.2) is 11.5 Å². The first kappa shape index (κ1) is 16.6. The number of carbonyl (C=O) groups is 2. The summed E-state index contributed by atoms with van der Waals surface area (Å²) in [5.41, 5.74) is 0.318. The van der Waals surface area contributed by atoms with E-state index in [1.54, 1.807) is 25.1 Å². The van der Waals surface area contributed by atoms with Gasteiger partial charge in [0.1, 0.15) is 6.10 Å². The van der Waals surface area contributed by atoms with E-state index in [1.165, 1.54) is 20.0 Å². The predicted octanol–water partition coefficient (Wildman–Crippen LogP) is 2.88. The Morgan fingerprint density at radius 2 is 1.96 bits per heavy atom. The monoisotopic (exact) mass is 334 g/mol. The zero-order chi connectivity index (χ0) is 17.1. The highest BCUT2D eigenvalue weighted by Crippen LogP contribution is 2.32. The molecule has 2 atom stereocenters. The van der Waals surface area contributed by atoms with Crippen molar-refractivity contribution in [2.75, 3.05) is 7.11 Å². The summed E-state index contributed by atoms with van der Waals surface area (Å²) in [6.45, 7) is 1.77. The summed E-state index contributed by atoms with van der Waals surface area (Å²) in [5.74, 6) is 0.0364. The zero-order valence-electron chi connectivity index (χ0n) is 13.9. The van der Waals surface area contributed by atoms with Gasteiger partial charge in [0.25, 0.3) is 0 Å². The van der Waals surface area contributed by atoms with E-state index in [4.69, 9.17) is 18.9 Å². The molecule has 0 aromatic heterocycles. The van der Waals surface area contributed by atoms with Crippen molar-refractivity contribution in [3.05, 3.63) is 23.8 Å². The maximum atomic E-state index is 12.3. The molecule has 1 saturated carbocycles. The van der Waals surface area contributed by atoms with Crippen LogP contribution in [0.4, 0.5) is 0 Å². The minimum atomic E-state index is -0.840. The highest BCUT2D eigenvalue weighted by atomic mass is 16.6. The number of benzene rings is 1. The van der Waals surface area contributed by atoms with Gasteiger partial charge in [0.2, 0.25) is 6.10 Å². The molecule has 6 nitrogen and oxygen atoms in total. The highest BCUT2D eigenvalue weighted by Gasteiger charge is 2.35. The summed E-state index contributed by atoms with van der Waals surface area (Å²) in [6, 6.07) is 4.92. The van der Waals surface area contributed by atoms with Crippen LogP contribution >= 0.6 is 0 Å². The number of cyclic esters (lactones) is 1. The third-order valence-corrected chi connectivity index (χ3v) is 4.37. The summed E-state index contributed by atoms with van der Waals surface area (Å²) in [5, 5.41) is 0. The van der Waals surface area contributed by atoms with Gasteiger partial charge in [-0.2, -0.15) is 0 Å². The summed E-state index contributed by atoms with van der Waals surface area (Å²) >= 11 is 0. The van der Waals surface area contributed by atoms with Gasteiger partial charge in [0.05, 0.1) is 18.8 Å². The molecule has 1 aromatic rings. The number of carbonyl (C=O) groups excluding carboxylic acids is 2. The standard InChI is InChI=1S/C18H22O6/c1-11-9-16(18(20)22-11)24-17(19)12-7-8-14(15(10-12)21-2)23-13-5-3-4-6-13/h7-8,10-11,13,16H,3-6,9H2,1-2H3. The lowest BCUT2D eigenvalue weighted by Gasteiger charge is -2.16. The summed E-state index contributed by atoms with van der Waals surface area (Å²) in [6.07, 6.45) is 3.93. The van der Waals surface area contributed by atoms with E-state index in [0.717, 1.165) is 12.8 Å². The van der Waals surface area contributed by atoms with Crippen molar-refractivity contribution in [2.45, 2.75) is 57.3 Å². The smallest absolute Gasteiger partial charge is 0.347 e. The molecule has 24 heavy (non-hydrogen) atoms. The molecule has 1 aliphatic carbocycles. The molecule has 1 heterocycles. The van der Waals surface area contributed by atoms with Gasteiger partial charge in [-0.1, -0.05) is 0 Å². The van der Waals surface area contributed by atoms with E-state index >= 15 is 0 Å². The molecule has 1 saturated heterocycles. The normalized spacial score (nSPS) is 23.8. The molecule has 2 fully saturated rings. The SMILES string of the molecule is COc1cc(C(=O)OC2CC(C)OC2=O)ccc1OC1CCCC1. The van der Waals surface area contributed by atoms with Crippen molar-refractivity contribution < 1.29 is 28.5 Å². The third-order valence-electron chi connectivity index (χ3n) is 4.37. The topological polar surface area (TPSA) is 71.1 Å². The Kier molecular flexibility index (Phi) is 4.92. The molecule has 2 unspecified atom stereocenters. The fourth-order valence-corrected chi connectivity index (χ4v) is 3.09. The molecule has 2 aliphatic rings. The van der Waals surface area contributed by atoms with Crippen LogP contribution in [0.3, 0.4) is 0 Å². The predicted molar refractivity (Wildman–Crippen MR) is 85.3 cm³/mol. The lowest BCUT2D eigenvalue weighted by Crippen LogP contribution is -2.22. The van der Waals surface area contributed by atoms with Gasteiger partial charge >= 0.3 is 11.9 Å². The van der Waals surface area contributed by atoms with Crippen LogP contribution in [-0.4, -0.2) is 37.4 Å². The quantitative estimate of drug-likeness (QED) is 0.771. The van der Waals surface area contributed by atoms with E-state index < -0.39 is 18.0 Å². The second-order valence-electron chi connectivity index (χ2n) is 6.27. The third kappa shape index (κ3) is 3.63. The van der Waals surface area contributed by atoms with Crippen molar-refractivity contribution in [1.29, 1.82) is 0 Å². The Hall–Kier alpha value is -2.24. The summed E-state index contributed by atoms with van der Waals surface area (Å²) < 4.78 is 21.5. The largest absolute Gasteiger partial charge is 0.493 e. The van der Waals surface area contributed by atoms with Crippen LogP contribution in [0.2, 0.25) is 0 Å². The fourth-order valence-electron chi connectivity index (χ4n) is 3.09. The summed E-state index contributed by atoms with van der Waals surface area (Å²) in [7, 11) is 1.53. The Bertz CT molecular complexity index is 620. The second-order valence-corrected chi connectivity index (χ2v) is 6.27. The lowest BCUT2D eigenvalue weighted by atomic mass is 10.2. The van der Waals surface area contributed by atoms with E-state index in [0.29, 0.717) is 23.5 Å². The van der Waals surface area contributed by atoms with Crippen LogP contribution in [0.1, 0.15) is 49.4 Å². The number of methoxy groups -OCH3 is 1. The maximum absolute atomic E-state index is 12.3. The molecule has 3 rings (SSSR count). The van der Waals surface area contributed by atoms with Gasteiger partial charge < -0.3 is 18.9 Å². The highest BCUT2D eigenvalue weighted by molar-refractivity contribution is 5.92. The van der Waals surface area contributed by atoms with E-state index in [1.807, 2.05) is 0 Å². The van der Waals surface area contributed by atoms with Gasteiger partial charge in [-0.05, 0) is 50.8 Å². The number of hydrogen-bond donors (Lipinski definition) is 0. The van der Waals surface area contributed by atoms with Crippen molar-refractivity contribution >= 4 is 11.9 Å². The van der Waals surface area contributed by atoms with Crippen LogP contribution in [0.5, 0.6) is 11.5 Å². The van der Waals surface area contributed by atoms with Gasteiger partial charge in [-0.3, -0.25) is 0 Å². The first-order valence-electron chi connectivity index (χ1n) is 8.33. The van der Waals surface area contributed by atoms with Crippen LogP contribution in [0.15, 0.2) is 18.2 Å². The molecule has 0 N–H and O–H groups in total. The Labute approximate surface area is 141 Å². The van der Waals surface area contributed by atoms with Crippen LogP contribution in [0.25, 0.3) is 0 Å². The van der Waals surface area contributed by atoms with Crippen LogP contribution in [-0.2, 0) is 14.3 Å². The molecule has 130 valence electrons. The zero-order valence-corrected chi connectivity index (χ0v) is 13.9. The second kappa shape index (κ2) is 7.11. The minimum Gasteiger partial charge on any atom is -0.493 e. The van der Waals surface area contributed by atoms with Crippen LogP contribution in [0, 0.1) is 0 Å². The van der Waals surface area contributed by atoms with Gasteiger partial charge in [-0.25, -0.2) is 9.59 Å². The molecule has 1 aromatic carbocycles. The number of hydrogen-bond acceptors (Lipinski definition) is 6. The molecule has 0 spiro atoms. The van der Waals surface area contributed by atoms with Crippen molar-refractivity contribution in [3.63, 3.8) is 0 Å². The molecule has 0 amide bonds. The number of esters is 2. The van der Waals surface area contributed by atoms with Gasteiger partial charge in [-0.15, -0.1) is 0 Å². The molecule has 1 aliphatic heterocycles. The van der Waals surface area contributed by atoms with E-state index in [-0.39, 0.29) is 12.2 Å². The molecule has 0 radical (unpaired) electrons. The first-order chi connectivity index (χ1) is 11.6. The molecular formula is C18H22O6. The molecule has 0 bridgehead atoms. The fraction of sp³-hybridized carbons (Fsp3) is 0.556. The number of rotatable bonds is 5. The Morgan fingerprint density at radius 1 is 1.21 bits per heavy atom. The maximum Gasteiger partial charge on any atom is 0.347 e. The van der Waals surface area contributed by atoms with Crippen molar-refractivity contribution in [3.8, 4) is 11.5 Å².